The van der Waals surface area contributed by atoms with Gasteiger partial charge in [0, 0.05) is 0 Å². The lowest BCUT2D eigenvalue weighted by Crippen LogP contribution is -2.33. The van der Waals surface area contributed by atoms with Crippen molar-refractivity contribution in [3.8, 4) is 0 Å². The molecular weight excluding hydrogens is 334 g/mol. The molecule has 0 aromatic rings. The highest BCUT2D eigenvalue weighted by molar-refractivity contribution is 5.75. The van der Waals surface area contributed by atoms with E-state index >= 15 is 0 Å². The molecule has 0 saturated heterocycles. The summed E-state index contributed by atoms with van der Waals surface area (Å²) in [4.78, 5) is 11.7. The molecule has 0 aliphatic heterocycles. The fourth-order valence-corrected chi connectivity index (χ4v) is 2.97. The van der Waals surface area contributed by atoms with Crippen molar-refractivity contribution in [3.63, 3.8) is 0 Å². The van der Waals surface area contributed by atoms with Crippen molar-refractivity contribution in [1.82, 2.24) is 0 Å². The van der Waals surface area contributed by atoms with Crippen LogP contribution in [0, 0.1) is 5.92 Å². The van der Waals surface area contributed by atoms with Crippen LogP contribution in [0.3, 0.4) is 0 Å². The molecule has 0 aromatic carbocycles. The van der Waals surface area contributed by atoms with E-state index in [0.29, 0.717) is 18.9 Å². The minimum atomic E-state index is -0.463. The van der Waals surface area contributed by atoms with E-state index in [2.05, 4.69) is 45.1 Å². The van der Waals surface area contributed by atoms with E-state index < -0.39 is 6.04 Å². The predicted octanol–water partition coefficient (Wildman–Crippen LogP) is 6.72. The summed E-state index contributed by atoms with van der Waals surface area (Å²) in [6.07, 6.45) is 24.5. The first-order valence-corrected chi connectivity index (χ1v) is 11.3. The molecule has 0 amide bonds. The third kappa shape index (κ3) is 19.5. The second-order valence-corrected chi connectivity index (χ2v) is 7.99. The van der Waals surface area contributed by atoms with Crippen LogP contribution in [-0.2, 0) is 9.53 Å². The van der Waals surface area contributed by atoms with Gasteiger partial charge in [0.05, 0.1) is 6.61 Å². The Hall–Kier alpha value is -1.09. The maximum atomic E-state index is 11.7. The van der Waals surface area contributed by atoms with Gasteiger partial charge < -0.3 is 10.5 Å². The Morgan fingerprint density at radius 1 is 0.852 bits per heavy atom. The van der Waals surface area contributed by atoms with E-state index in [4.69, 9.17) is 10.5 Å². The third-order valence-corrected chi connectivity index (χ3v) is 4.62. The molecule has 3 nitrogen and oxygen atoms in total. The number of nitrogens with two attached hydrogens (primary N) is 1. The summed E-state index contributed by atoms with van der Waals surface area (Å²) >= 11 is 0. The number of rotatable bonds is 18. The van der Waals surface area contributed by atoms with Gasteiger partial charge in [-0.15, -0.1) is 0 Å². The first-order valence-electron chi connectivity index (χ1n) is 11.3. The lowest BCUT2D eigenvalue weighted by molar-refractivity contribution is -0.145. The summed E-state index contributed by atoms with van der Waals surface area (Å²) in [5, 5.41) is 0. The van der Waals surface area contributed by atoms with Gasteiger partial charge in [-0.1, -0.05) is 83.6 Å². The Morgan fingerprint density at radius 2 is 1.41 bits per heavy atom. The van der Waals surface area contributed by atoms with Crippen LogP contribution >= 0.6 is 0 Å². The highest BCUT2D eigenvalue weighted by Crippen LogP contribution is 2.09. The maximum Gasteiger partial charge on any atom is 0.322 e. The SMILES string of the molecule is CCCCCC=CCC=CCCCCCCCCOC(=O)[C@@H](N)CC(C)C. The molecule has 0 aliphatic carbocycles. The van der Waals surface area contributed by atoms with Gasteiger partial charge in [-0.05, 0) is 50.9 Å². The number of hydrogen-bond donors (Lipinski definition) is 1. The van der Waals surface area contributed by atoms with Gasteiger partial charge in [-0.3, -0.25) is 4.79 Å². The van der Waals surface area contributed by atoms with Crippen molar-refractivity contribution < 1.29 is 9.53 Å². The van der Waals surface area contributed by atoms with Crippen LogP contribution in [0.5, 0.6) is 0 Å². The zero-order valence-corrected chi connectivity index (χ0v) is 18.3. The summed E-state index contributed by atoms with van der Waals surface area (Å²) in [6, 6.07) is -0.463. The Labute approximate surface area is 168 Å². The van der Waals surface area contributed by atoms with Gasteiger partial charge in [-0.25, -0.2) is 0 Å². The number of ether oxygens (including phenoxy) is 1. The molecule has 0 fully saturated rings. The minimum absolute atomic E-state index is 0.244. The van der Waals surface area contributed by atoms with Crippen LogP contribution in [0.2, 0.25) is 0 Å². The molecule has 2 N–H and O–H groups in total. The summed E-state index contributed by atoms with van der Waals surface area (Å²) < 4.78 is 5.25. The largest absolute Gasteiger partial charge is 0.465 e. The molecule has 0 saturated carbocycles. The van der Waals surface area contributed by atoms with Gasteiger partial charge >= 0.3 is 5.97 Å². The third-order valence-electron chi connectivity index (χ3n) is 4.62. The highest BCUT2D eigenvalue weighted by atomic mass is 16.5. The zero-order chi connectivity index (χ0) is 20.2. The Bertz CT molecular complexity index is 388. The van der Waals surface area contributed by atoms with E-state index in [1.807, 2.05) is 0 Å². The van der Waals surface area contributed by atoms with Crippen LogP contribution in [0.15, 0.2) is 24.3 Å². The topological polar surface area (TPSA) is 52.3 Å². The quantitative estimate of drug-likeness (QED) is 0.163. The average Bonchev–Trinajstić information content (AvgIpc) is 2.63. The van der Waals surface area contributed by atoms with E-state index in [0.717, 1.165) is 19.3 Å². The molecule has 3 heteroatoms. The predicted molar refractivity (Wildman–Crippen MR) is 118 cm³/mol. The molecule has 0 rings (SSSR count). The van der Waals surface area contributed by atoms with Crippen LogP contribution < -0.4 is 5.73 Å². The maximum absolute atomic E-state index is 11.7. The average molecular weight is 380 g/mol. The van der Waals surface area contributed by atoms with Crippen LogP contribution in [0.25, 0.3) is 0 Å². The number of carbonyl (C=O) groups excluding carboxylic acids is 1. The number of esters is 1. The van der Waals surface area contributed by atoms with Crippen LogP contribution in [0.1, 0.15) is 104 Å². The Balaban J connectivity index is 3.33. The fraction of sp³-hybridized carbons (Fsp3) is 0.792. The van der Waals surface area contributed by atoms with Gasteiger partial charge in [-0.2, -0.15) is 0 Å². The van der Waals surface area contributed by atoms with Crippen molar-refractivity contribution in [2.24, 2.45) is 11.7 Å². The molecule has 0 aliphatic rings. The van der Waals surface area contributed by atoms with Crippen molar-refractivity contribution in [2.45, 2.75) is 110 Å². The van der Waals surface area contributed by atoms with Crippen LogP contribution in [0.4, 0.5) is 0 Å². The summed E-state index contributed by atoms with van der Waals surface area (Å²) in [5.41, 5.74) is 5.81. The first-order chi connectivity index (χ1) is 13.1. The second-order valence-electron chi connectivity index (χ2n) is 7.99. The van der Waals surface area contributed by atoms with Gasteiger partial charge in [0.1, 0.15) is 6.04 Å². The van der Waals surface area contributed by atoms with Crippen molar-refractivity contribution >= 4 is 5.97 Å². The normalized spacial score (nSPS) is 13.1. The van der Waals surface area contributed by atoms with Crippen LogP contribution in [-0.4, -0.2) is 18.6 Å². The van der Waals surface area contributed by atoms with Gasteiger partial charge in [0.15, 0.2) is 0 Å². The summed E-state index contributed by atoms with van der Waals surface area (Å²) in [6.45, 7) is 6.89. The minimum Gasteiger partial charge on any atom is -0.465 e. The van der Waals surface area contributed by atoms with Crippen molar-refractivity contribution in [3.05, 3.63) is 24.3 Å². The van der Waals surface area contributed by atoms with Gasteiger partial charge in [0.25, 0.3) is 0 Å². The number of unbranched alkanes of at least 4 members (excludes halogenated alkanes) is 9. The van der Waals surface area contributed by atoms with Gasteiger partial charge in [0.2, 0.25) is 0 Å². The van der Waals surface area contributed by atoms with E-state index in [1.54, 1.807) is 0 Å². The fourth-order valence-electron chi connectivity index (χ4n) is 2.97. The molecule has 27 heavy (non-hydrogen) atoms. The number of carbonyl (C=O) groups is 1. The zero-order valence-electron chi connectivity index (χ0n) is 18.3. The highest BCUT2D eigenvalue weighted by Gasteiger charge is 2.15. The Morgan fingerprint density at radius 3 is 2.00 bits per heavy atom. The molecule has 0 spiro atoms. The first kappa shape index (κ1) is 25.9. The molecular formula is C24H45NO2. The number of hydrogen-bond acceptors (Lipinski definition) is 3. The van der Waals surface area contributed by atoms with Crippen molar-refractivity contribution in [2.75, 3.05) is 6.61 Å². The smallest absolute Gasteiger partial charge is 0.322 e. The molecule has 0 bridgehead atoms. The van der Waals surface area contributed by atoms with E-state index in [1.165, 1.54) is 57.8 Å². The monoisotopic (exact) mass is 379 g/mol. The molecule has 158 valence electrons. The molecule has 0 heterocycles. The molecule has 0 radical (unpaired) electrons. The lowest BCUT2D eigenvalue weighted by atomic mass is 10.1. The lowest BCUT2D eigenvalue weighted by Gasteiger charge is -2.13. The number of allylic oxidation sites excluding steroid dienone is 4. The summed E-state index contributed by atoms with van der Waals surface area (Å²) in [7, 11) is 0. The molecule has 1 atom stereocenters. The van der Waals surface area contributed by atoms with E-state index in [-0.39, 0.29) is 5.97 Å². The van der Waals surface area contributed by atoms with E-state index in [9.17, 15) is 4.79 Å². The molecule has 0 aromatic heterocycles. The second kappa shape index (κ2) is 19.7. The van der Waals surface area contributed by atoms with Crippen molar-refractivity contribution in [1.29, 1.82) is 0 Å². The Kier molecular flexibility index (Phi) is 18.9. The standard InChI is InChI=1S/C24H45NO2/c1-4-5-6-7-8-9-10-11-12-13-14-15-16-17-18-19-20-27-24(26)23(25)21-22(2)3/h8-9,11-12,22-23H,4-7,10,13-21,25H2,1-3H3/t23-/m0/s1. The summed E-state index contributed by atoms with van der Waals surface area (Å²) in [5.74, 6) is 0.181. The molecule has 0 unspecified atom stereocenters.